The summed E-state index contributed by atoms with van der Waals surface area (Å²) in [5.74, 6) is -1.76. The average Bonchev–Trinajstić information content (AvgIpc) is 2.78. The molecule has 0 aliphatic carbocycles. The first-order chi connectivity index (χ1) is 8.16. The molecule has 0 aliphatic heterocycles. The van der Waals surface area contributed by atoms with E-state index in [0.29, 0.717) is 6.42 Å². The molecule has 88 valence electrons. The molecule has 0 atom stereocenters. The number of ketones is 1. The standard InChI is InChI=1S/C13H10F2OS/c14-9-3-5-11(12(15)8-9)13(16)6-4-10-2-1-7-17-10/h1-3,5,7-8H,4,6H2. The molecular weight excluding hydrogens is 242 g/mol. The summed E-state index contributed by atoms with van der Waals surface area (Å²) >= 11 is 1.56. The van der Waals surface area contributed by atoms with E-state index in [1.807, 2.05) is 17.5 Å². The first kappa shape index (κ1) is 11.9. The Morgan fingerprint density at radius 1 is 1.24 bits per heavy atom. The number of thiophene rings is 1. The molecule has 0 radical (unpaired) electrons. The van der Waals surface area contributed by atoms with Crippen molar-refractivity contribution in [2.24, 2.45) is 0 Å². The lowest BCUT2D eigenvalue weighted by Gasteiger charge is -2.01. The van der Waals surface area contributed by atoms with Crippen LogP contribution in [0.15, 0.2) is 35.7 Å². The molecule has 2 rings (SSSR count). The van der Waals surface area contributed by atoms with Crippen LogP contribution < -0.4 is 0 Å². The van der Waals surface area contributed by atoms with Crippen LogP contribution in [-0.2, 0) is 6.42 Å². The maximum Gasteiger partial charge on any atom is 0.166 e. The van der Waals surface area contributed by atoms with Crippen LogP contribution in [0.2, 0.25) is 0 Å². The van der Waals surface area contributed by atoms with Crippen LogP contribution in [0.5, 0.6) is 0 Å². The van der Waals surface area contributed by atoms with Crippen molar-refractivity contribution < 1.29 is 13.6 Å². The van der Waals surface area contributed by atoms with Gasteiger partial charge in [-0.2, -0.15) is 0 Å². The first-order valence-electron chi connectivity index (χ1n) is 5.17. The molecule has 0 unspecified atom stereocenters. The minimum atomic E-state index is -0.791. The lowest BCUT2D eigenvalue weighted by molar-refractivity contribution is 0.0979. The van der Waals surface area contributed by atoms with Crippen LogP contribution in [0, 0.1) is 11.6 Å². The summed E-state index contributed by atoms with van der Waals surface area (Å²) in [6.45, 7) is 0. The molecule has 0 aliphatic rings. The van der Waals surface area contributed by atoms with Crippen LogP contribution in [0.3, 0.4) is 0 Å². The second kappa shape index (κ2) is 5.19. The maximum atomic E-state index is 13.3. The molecule has 1 heterocycles. The van der Waals surface area contributed by atoms with Gasteiger partial charge in [0.1, 0.15) is 11.6 Å². The van der Waals surface area contributed by atoms with Crippen molar-refractivity contribution in [1.29, 1.82) is 0 Å². The van der Waals surface area contributed by atoms with Gasteiger partial charge in [0.15, 0.2) is 5.78 Å². The van der Waals surface area contributed by atoms with E-state index in [0.717, 1.165) is 17.0 Å². The minimum Gasteiger partial charge on any atom is -0.294 e. The van der Waals surface area contributed by atoms with Gasteiger partial charge in [-0.1, -0.05) is 6.07 Å². The highest BCUT2D eigenvalue weighted by atomic mass is 32.1. The molecule has 0 N–H and O–H groups in total. The third kappa shape index (κ3) is 2.97. The number of carbonyl (C=O) groups excluding carboxylic acids is 1. The number of benzene rings is 1. The molecule has 0 saturated carbocycles. The number of rotatable bonds is 4. The Morgan fingerprint density at radius 3 is 2.71 bits per heavy atom. The van der Waals surface area contributed by atoms with Gasteiger partial charge in [-0.05, 0) is 30.0 Å². The molecule has 2 aromatic rings. The maximum absolute atomic E-state index is 13.3. The zero-order valence-corrected chi connectivity index (χ0v) is 9.77. The molecule has 0 spiro atoms. The van der Waals surface area contributed by atoms with Gasteiger partial charge in [-0.3, -0.25) is 4.79 Å². The number of carbonyl (C=O) groups is 1. The summed E-state index contributed by atoms with van der Waals surface area (Å²) in [4.78, 5) is 12.8. The van der Waals surface area contributed by atoms with E-state index in [4.69, 9.17) is 0 Å². The Hall–Kier alpha value is -1.55. The van der Waals surface area contributed by atoms with Gasteiger partial charge in [0, 0.05) is 17.4 Å². The van der Waals surface area contributed by atoms with Gasteiger partial charge in [0.05, 0.1) is 5.56 Å². The van der Waals surface area contributed by atoms with Crippen molar-refractivity contribution in [3.8, 4) is 0 Å². The predicted octanol–water partition coefficient (Wildman–Crippen LogP) is 3.84. The van der Waals surface area contributed by atoms with Gasteiger partial charge in [-0.25, -0.2) is 8.78 Å². The molecule has 0 bridgehead atoms. The van der Waals surface area contributed by atoms with Crippen molar-refractivity contribution in [2.75, 3.05) is 0 Å². The van der Waals surface area contributed by atoms with E-state index in [2.05, 4.69) is 0 Å². The van der Waals surface area contributed by atoms with Crippen LogP contribution >= 0.6 is 11.3 Å². The van der Waals surface area contributed by atoms with Gasteiger partial charge in [0.25, 0.3) is 0 Å². The second-order valence-electron chi connectivity index (χ2n) is 3.63. The second-order valence-corrected chi connectivity index (χ2v) is 4.66. The fraction of sp³-hybridized carbons (Fsp3) is 0.154. The number of halogens is 2. The minimum absolute atomic E-state index is 0.0389. The van der Waals surface area contributed by atoms with E-state index in [1.165, 1.54) is 6.07 Å². The van der Waals surface area contributed by atoms with Crippen LogP contribution in [0.1, 0.15) is 21.7 Å². The fourth-order valence-electron chi connectivity index (χ4n) is 1.54. The zero-order chi connectivity index (χ0) is 12.3. The van der Waals surface area contributed by atoms with Gasteiger partial charge in [0.2, 0.25) is 0 Å². The number of Topliss-reactive ketones (excluding diaryl/α,β-unsaturated/α-hetero) is 1. The summed E-state index contributed by atoms with van der Waals surface area (Å²) in [5.41, 5.74) is -0.0389. The lowest BCUT2D eigenvalue weighted by Crippen LogP contribution is -2.04. The summed E-state index contributed by atoms with van der Waals surface area (Å²) in [6.07, 6.45) is 0.830. The average molecular weight is 252 g/mol. The molecule has 1 aromatic heterocycles. The van der Waals surface area contributed by atoms with E-state index in [9.17, 15) is 13.6 Å². The third-order valence-corrected chi connectivity index (χ3v) is 3.35. The number of hydrogen-bond donors (Lipinski definition) is 0. The van der Waals surface area contributed by atoms with Crippen molar-refractivity contribution >= 4 is 17.1 Å². The third-order valence-electron chi connectivity index (χ3n) is 2.41. The van der Waals surface area contributed by atoms with E-state index in [1.54, 1.807) is 11.3 Å². The van der Waals surface area contributed by atoms with Crippen molar-refractivity contribution in [3.05, 3.63) is 57.8 Å². The van der Waals surface area contributed by atoms with Gasteiger partial charge in [-0.15, -0.1) is 11.3 Å². The fourth-order valence-corrected chi connectivity index (χ4v) is 2.25. The summed E-state index contributed by atoms with van der Waals surface area (Å²) in [6, 6.07) is 6.86. The molecule has 17 heavy (non-hydrogen) atoms. The van der Waals surface area contributed by atoms with Gasteiger partial charge < -0.3 is 0 Å². The van der Waals surface area contributed by atoms with Crippen LogP contribution in [0.25, 0.3) is 0 Å². The Labute approximate surface area is 102 Å². The largest absolute Gasteiger partial charge is 0.294 e. The highest BCUT2D eigenvalue weighted by Gasteiger charge is 2.12. The lowest BCUT2D eigenvalue weighted by atomic mass is 10.1. The quantitative estimate of drug-likeness (QED) is 0.755. The molecular formula is C13H10F2OS. The normalized spacial score (nSPS) is 10.5. The van der Waals surface area contributed by atoms with E-state index in [-0.39, 0.29) is 17.8 Å². The zero-order valence-electron chi connectivity index (χ0n) is 8.95. The smallest absolute Gasteiger partial charge is 0.166 e. The molecule has 0 amide bonds. The molecule has 1 aromatic carbocycles. The van der Waals surface area contributed by atoms with Crippen molar-refractivity contribution in [3.63, 3.8) is 0 Å². The Bertz CT molecular complexity index is 520. The highest BCUT2D eigenvalue weighted by Crippen LogP contribution is 2.15. The van der Waals surface area contributed by atoms with E-state index >= 15 is 0 Å². The predicted molar refractivity (Wildman–Crippen MR) is 63.3 cm³/mol. The highest BCUT2D eigenvalue weighted by molar-refractivity contribution is 7.09. The Balaban J connectivity index is 2.04. The molecule has 4 heteroatoms. The SMILES string of the molecule is O=C(CCc1cccs1)c1ccc(F)cc1F. The summed E-state index contributed by atoms with van der Waals surface area (Å²) < 4.78 is 26.0. The van der Waals surface area contributed by atoms with E-state index < -0.39 is 11.6 Å². The summed E-state index contributed by atoms with van der Waals surface area (Å²) in [7, 11) is 0. The number of hydrogen-bond acceptors (Lipinski definition) is 2. The molecule has 0 fully saturated rings. The van der Waals surface area contributed by atoms with Crippen molar-refractivity contribution in [1.82, 2.24) is 0 Å². The Morgan fingerprint density at radius 2 is 2.06 bits per heavy atom. The van der Waals surface area contributed by atoms with Gasteiger partial charge >= 0.3 is 0 Å². The Kier molecular flexibility index (Phi) is 3.64. The van der Waals surface area contributed by atoms with Crippen molar-refractivity contribution in [2.45, 2.75) is 12.8 Å². The topological polar surface area (TPSA) is 17.1 Å². The monoisotopic (exact) mass is 252 g/mol. The molecule has 0 saturated heterocycles. The van der Waals surface area contributed by atoms with Crippen LogP contribution in [-0.4, -0.2) is 5.78 Å². The summed E-state index contributed by atoms with van der Waals surface area (Å²) in [5, 5.41) is 1.93. The van der Waals surface area contributed by atoms with Crippen LogP contribution in [0.4, 0.5) is 8.78 Å². The number of aryl methyl sites for hydroxylation is 1. The first-order valence-corrected chi connectivity index (χ1v) is 6.05. The molecule has 1 nitrogen and oxygen atoms in total.